The zero-order valence-electron chi connectivity index (χ0n) is 9.64. The lowest BCUT2D eigenvalue weighted by molar-refractivity contribution is 0.415. The van der Waals surface area contributed by atoms with Gasteiger partial charge in [-0.15, -0.1) is 0 Å². The number of rotatable bonds is 3. The highest BCUT2D eigenvalue weighted by atomic mass is 79.9. The average molecular weight is 304 g/mol. The van der Waals surface area contributed by atoms with E-state index in [-0.39, 0.29) is 0 Å². The summed E-state index contributed by atoms with van der Waals surface area (Å²) in [5.41, 5.74) is 1.39. The smallest absolute Gasteiger partial charge is 0.130 e. The van der Waals surface area contributed by atoms with E-state index >= 15 is 0 Å². The van der Waals surface area contributed by atoms with Gasteiger partial charge in [0.25, 0.3) is 0 Å². The predicted octanol–water partition coefficient (Wildman–Crippen LogP) is 3.47. The van der Waals surface area contributed by atoms with E-state index in [1.807, 2.05) is 24.3 Å². The second-order valence-corrected chi connectivity index (χ2v) is 4.37. The van der Waals surface area contributed by atoms with Gasteiger partial charge in [0.2, 0.25) is 0 Å². The summed E-state index contributed by atoms with van der Waals surface area (Å²) in [4.78, 5) is 4.15. The Morgan fingerprint density at radius 2 is 2.17 bits per heavy atom. The van der Waals surface area contributed by atoms with Crippen molar-refractivity contribution in [3.63, 3.8) is 0 Å². The van der Waals surface area contributed by atoms with Gasteiger partial charge in [-0.25, -0.2) is 4.98 Å². The van der Waals surface area contributed by atoms with E-state index in [2.05, 4.69) is 26.2 Å². The maximum atomic E-state index is 8.70. The number of methoxy groups -OCH3 is 1. The molecule has 0 saturated heterocycles. The fraction of sp³-hybridized carbons (Fsp3) is 0.0769. The number of ether oxygens (including phenoxy) is 1. The zero-order chi connectivity index (χ0) is 13.0. The van der Waals surface area contributed by atoms with Crippen molar-refractivity contribution in [3.05, 3.63) is 46.6 Å². The number of aromatic nitrogens is 1. The number of anilines is 2. The third-order valence-electron chi connectivity index (χ3n) is 2.33. The minimum Gasteiger partial charge on any atom is -0.497 e. The molecule has 1 aromatic carbocycles. The fourth-order valence-electron chi connectivity index (χ4n) is 1.40. The first kappa shape index (κ1) is 12.4. The van der Waals surface area contributed by atoms with Gasteiger partial charge in [-0.2, -0.15) is 5.26 Å². The van der Waals surface area contributed by atoms with Gasteiger partial charge in [-0.1, -0.05) is 0 Å². The molecule has 0 amide bonds. The lowest BCUT2D eigenvalue weighted by atomic mass is 10.3. The lowest BCUT2D eigenvalue weighted by Gasteiger charge is -2.09. The molecule has 1 N–H and O–H groups in total. The molecule has 1 aromatic heterocycles. The Balaban J connectivity index is 2.25. The molecule has 2 aromatic rings. The number of halogens is 1. The van der Waals surface area contributed by atoms with Crippen LogP contribution in [0.5, 0.6) is 5.75 Å². The molecular weight excluding hydrogens is 294 g/mol. The molecule has 18 heavy (non-hydrogen) atoms. The maximum Gasteiger partial charge on any atom is 0.130 e. The van der Waals surface area contributed by atoms with Crippen LogP contribution < -0.4 is 10.1 Å². The standard InChI is InChI=1S/C13H10BrN3O/c1-18-10-3-4-11(14)12(6-10)17-13-5-2-9(7-15)8-16-13/h2-6,8H,1H3,(H,16,17). The van der Waals surface area contributed by atoms with Crippen molar-refractivity contribution in [3.8, 4) is 11.8 Å². The van der Waals surface area contributed by atoms with Crippen LogP contribution in [-0.2, 0) is 0 Å². The van der Waals surface area contributed by atoms with Gasteiger partial charge >= 0.3 is 0 Å². The predicted molar refractivity (Wildman–Crippen MR) is 72.9 cm³/mol. The molecule has 0 fully saturated rings. The van der Waals surface area contributed by atoms with Gasteiger partial charge in [0.05, 0.1) is 18.4 Å². The summed E-state index contributed by atoms with van der Waals surface area (Å²) in [6.45, 7) is 0. The average Bonchev–Trinajstić information content (AvgIpc) is 2.42. The van der Waals surface area contributed by atoms with Crippen molar-refractivity contribution in [1.29, 1.82) is 5.26 Å². The molecule has 0 bridgehead atoms. The highest BCUT2D eigenvalue weighted by Crippen LogP contribution is 2.29. The van der Waals surface area contributed by atoms with Crippen LogP contribution in [0.15, 0.2) is 41.0 Å². The van der Waals surface area contributed by atoms with Crippen LogP contribution in [0.4, 0.5) is 11.5 Å². The Morgan fingerprint density at radius 1 is 1.33 bits per heavy atom. The Bertz CT molecular complexity index is 590. The van der Waals surface area contributed by atoms with Crippen molar-refractivity contribution in [1.82, 2.24) is 4.98 Å². The molecule has 5 heteroatoms. The Hall–Kier alpha value is -2.06. The molecule has 0 saturated carbocycles. The van der Waals surface area contributed by atoms with E-state index in [1.165, 1.54) is 6.20 Å². The van der Waals surface area contributed by atoms with Crippen molar-refractivity contribution >= 4 is 27.4 Å². The van der Waals surface area contributed by atoms with Crippen LogP contribution in [0.25, 0.3) is 0 Å². The number of hydrogen-bond donors (Lipinski definition) is 1. The first-order chi connectivity index (χ1) is 8.72. The van der Waals surface area contributed by atoms with Crippen LogP contribution >= 0.6 is 15.9 Å². The molecule has 0 aliphatic carbocycles. The Labute approximate surface area is 113 Å². The summed E-state index contributed by atoms with van der Waals surface area (Å²) >= 11 is 3.45. The molecule has 0 radical (unpaired) electrons. The molecule has 0 spiro atoms. The lowest BCUT2D eigenvalue weighted by Crippen LogP contribution is -1.95. The van der Waals surface area contributed by atoms with Crippen molar-refractivity contribution in [2.24, 2.45) is 0 Å². The molecule has 0 aliphatic rings. The summed E-state index contributed by atoms with van der Waals surface area (Å²) in [5.74, 6) is 1.43. The highest BCUT2D eigenvalue weighted by Gasteiger charge is 2.03. The van der Waals surface area contributed by atoms with E-state index in [0.717, 1.165) is 15.9 Å². The van der Waals surface area contributed by atoms with Crippen LogP contribution in [0, 0.1) is 11.3 Å². The van der Waals surface area contributed by atoms with Crippen LogP contribution in [0.3, 0.4) is 0 Å². The second-order valence-electron chi connectivity index (χ2n) is 3.51. The van der Waals surface area contributed by atoms with Gasteiger partial charge in [0.1, 0.15) is 17.6 Å². The fourth-order valence-corrected chi connectivity index (χ4v) is 1.74. The normalized spacial score (nSPS) is 9.61. The zero-order valence-corrected chi connectivity index (χ0v) is 11.2. The highest BCUT2D eigenvalue weighted by molar-refractivity contribution is 9.10. The third-order valence-corrected chi connectivity index (χ3v) is 3.02. The molecule has 2 rings (SSSR count). The summed E-state index contributed by atoms with van der Waals surface area (Å²) in [6.07, 6.45) is 1.52. The molecule has 4 nitrogen and oxygen atoms in total. The first-order valence-electron chi connectivity index (χ1n) is 5.19. The van der Waals surface area contributed by atoms with Crippen LogP contribution in [0.1, 0.15) is 5.56 Å². The molecule has 1 heterocycles. The minimum absolute atomic E-state index is 0.533. The summed E-state index contributed by atoms with van der Waals surface area (Å²) in [6, 6.07) is 11.1. The van der Waals surface area contributed by atoms with Gasteiger partial charge in [0.15, 0.2) is 0 Å². The molecule has 0 atom stereocenters. The van der Waals surface area contributed by atoms with Gasteiger partial charge in [-0.3, -0.25) is 0 Å². The second kappa shape index (κ2) is 5.52. The van der Waals surface area contributed by atoms with Crippen molar-refractivity contribution in [2.75, 3.05) is 12.4 Å². The number of pyridine rings is 1. The van der Waals surface area contributed by atoms with E-state index in [4.69, 9.17) is 10.00 Å². The number of nitriles is 1. The van der Waals surface area contributed by atoms with E-state index < -0.39 is 0 Å². The third kappa shape index (κ3) is 2.79. The first-order valence-corrected chi connectivity index (χ1v) is 5.99. The van der Waals surface area contributed by atoms with E-state index in [1.54, 1.807) is 19.2 Å². The largest absolute Gasteiger partial charge is 0.497 e. The van der Waals surface area contributed by atoms with Crippen molar-refractivity contribution < 1.29 is 4.74 Å². The van der Waals surface area contributed by atoms with E-state index in [9.17, 15) is 0 Å². The Morgan fingerprint density at radius 3 is 2.78 bits per heavy atom. The molecular formula is C13H10BrN3O. The molecule has 0 unspecified atom stereocenters. The van der Waals surface area contributed by atoms with Gasteiger partial charge in [-0.05, 0) is 40.2 Å². The monoisotopic (exact) mass is 303 g/mol. The number of benzene rings is 1. The summed E-state index contributed by atoms with van der Waals surface area (Å²) in [7, 11) is 1.62. The van der Waals surface area contributed by atoms with Gasteiger partial charge < -0.3 is 10.1 Å². The summed E-state index contributed by atoms with van der Waals surface area (Å²) in [5, 5.41) is 11.8. The molecule has 90 valence electrons. The van der Waals surface area contributed by atoms with Crippen molar-refractivity contribution in [2.45, 2.75) is 0 Å². The maximum absolute atomic E-state index is 8.70. The van der Waals surface area contributed by atoms with E-state index in [0.29, 0.717) is 11.4 Å². The number of hydrogen-bond acceptors (Lipinski definition) is 4. The minimum atomic E-state index is 0.533. The van der Waals surface area contributed by atoms with Gasteiger partial charge in [0, 0.05) is 16.7 Å². The number of nitrogens with zero attached hydrogens (tertiary/aromatic N) is 2. The quantitative estimate of drug-likeness (QED) is 0.943. The topological polar surface area (TPSA) is 57.9 Å². The van der Waals surface area contributed by atoms with Crippen LogP contribution in [0.2, 0.25) is 0 Å². The van der Waals surface area contributed by atoms with Crippen LogP contribution in [-0.4, -0.2) is 12.1 Å². The number of nitrogens with one attached hydrogen (secondary N) is 1. The molecule has 0 aliphatic heterocycles. The SMILES string of the molecule is COc1ccc(Br)c(Nc2ccc(C#N)cn2)c1. The Kier molecular flexibility index (Phi) is 3.80. The summed E-state index contributed by atoms with van der Waals surface area (Å²) < 4.78 is 6.07.